The number of carbonyl (C=O) groups excluding carboxylic acids is 1. The van der Waals surface area contributed by atoms with E-state index in [-0.39, 0.29) is 17.4 Å². The molecule has 0 saturated heterocycles. The number of likely N-dealkylation sites (N-methyl/N-ethyl adjacent to an activating group) is 1. The molecule has 0 atom stereocenters. The zero-order valence-corrected chi connectivity index (χ0v) is 24.9. The maximum Gasteiger partial charge on any atom is 0.250 e. The molecular weight excluding hydrogens is 482 g/mol. The summed E-state index contributed by atoms with van der Waals surface area (Å²) in [6.45, 7) is 15.4. The van der Waals surface area contributed by atoms with Crippen molar-refractivity contribution in [3.8, 4) is 5.75 Å². The van der Waals surface area contributed by atoms with Gasteiger partial charge in [-0.05, 0) is 68.4 Å². The molecule has 0 radical (unpaired) electrons. The quantitative estimate of drug-likeness (QED) is 0.269. The maximum absolute atomic E-state index is 12.7. The molecule has 0 saturated carbocycles. The minimum absolute atomic E-state index is 0.0322. The molecule has 3 aromatic rings. The fourth-order valence-electron chi connectivity index (χ4n) is 3.57. The van der Waals surface area contributed by atoms with Gasteiger partial charge in [-0.1, -0.05) is 20.8 Å². The lowest BCUT2D eigenvalue weighted by Crippen LogP contribution is -2.44. The number of anilines is 3. The SMILES string of the molecule is CCONc1nc(C)nc2ccc(N(C)c3ccc(O[Si](C)(C)C(C)(C)C)c(CC(=O)N(C)C)c3)cc12. The number of carbonyl (C=O) groups is 1. The summed E-state index contributed by atoms with van der Waals surface area (Å²) in [5.74, 6) is 2.12. The number of benzene rings is 2. The predicted octanol–water partition coefficient (Wildman–Crippen LogP) is 6.08. The molecule has 1 N–H and O–H groups in total. The van der Waals surface area contributed by atoms with Gasteiger partial charge in [0.1, 0.15) is 11.6 Å². The van der Waals surface area contributed by atoms with Crippen LogP contribution < -0.4 is 14.8 Å². The second-order valence-electron chi connectivity index (χ2n) is 11.0. The van der Waals surface area contributed by atoms with E-state index in [9.17, 15) is 4.79 Å². The average Bonchev–Trinajstić information content (AvgIpc) is 2.81. The van der Waals surface area contributed by atoms with Crippen LogP contribution in [0, 0.1) is 6.92 Å². The summed E-state index contributed by atoms with van der Waals surface area (Å²) in [5.41, 5.74) is 6.57. The summed E-state index contributed by atoms with van der Waals surface area (Å²) in [4.78, 5) is 30.9. The monoisotopic (exact) mass is 523 g/mol. The summed E-state index contributed by atoms with van der Waals surface area (Å²) < 4.78 is 6.65. The minimum Gasteiger partial charge on any atom is -0.543 e. The first-order chi connectivity index (χ1) is 17.2. The molecule has 1 aromatic heterocycles. The van der Waals surface area contributed by atoms with E-state index < -0.39 is 8.32 Å². The highest BCUT2D eigenvalue weighted by atomic mass is 28.4. The van der Waals surface area contributed by atoms with Crippen LogP contribution in [0.3, 0.4) is 0 Å². The van der Waals surface area contributed by atoms with Crippen LogP contribution in [0.15, 0.2) is 36.4 Å². The van der Waals surface area contributed by atoms with Crippen molar-refractivity contribution in [1.82, 2.24) is 14.9 Å². The summed E-state index contributed by atoms with van der Waals surface area (Å²) in [5, 5.41) is 0.911. The Hall–Kier alpha value is -3.17. The second-order valence-corrected chi connectivity index (χ2v) is 15.8. The molecule has 0 fully saturated rings. The van der Waals surface area contributed by atoms with E-state index in [4.69, 9.17) is 9.26 Å². The van der Waals surface area contributed by atoms with Gasteiger partial charge in [0, 0.05) is 43.5 Å². The standard InChI is InChI=1S/C28H41N5O3Si/c1-11-35-31-27-23-18-22(12-14-24(23)29-19(2)30-27)33(8)21-13-15-25(36-37(9,10)28(3,4)5)20(16-21)17-26(34)32(6)7/h12-16,18H,11,17H2,1-10H3,(H,29,30,31). The third kappa shape index (κ3) is 6.59. The lowest BCUT2D eigenvalue weighted by atomic mass is 10.1. The smallest absolute Gasteiger partial charge is 0.250 e. The first-order valence-corrected chi connectivity index (χ1v) is 15.6. The molecule has 0 aliphatic heterocycles. The Morgan fingerprint density at radius 2 is 1.68 bits per heavy atom. The van der Waals surface area contributed by atoms with Crippen molar-refractivity contribution in [3.05, 3.63) is 47.8 Å². The number of nitrogens with one attached hydrogen (secondary N) is 1. The molecule has 3 rings (SSSR count). The van der Waals surface area contributed by atoms with Crippen LogP contribution in [0.5, 0.6) is 5.75 Å². The third-order valence-corrected chi connectivity index (χ3v) is 11.3. The molecule has 0 unspecified atom stereocenters. The summed E-state index contributed by atoms with van der Waals surface area (Å²) in [6.07, 6.45) is 0.270. The van der Waals surface area contributed by atoms with Crippen molar-refractivity contribution in [2.75, 3.05) is 38.1 Å². The molecule has 0 spiro atoms. The molecule has 8 nitrogen and oxygen atoms in total. The van der Waals surface area contributed by atoms with E-state index in [1.165, 1.54) is 0 Å². The largest absolute Gasteiger partial charge is 0.543 e. The van der Waals surface area contributed by atoms with Crippen LogP contribution in [0.1, 0.15) is 39.1 Å². The molecule has 0 aliphatic rings. The van der Waals surface area contributed by atoms with E-state index in [2.05, 4.69) is 60.3 Å². The Morgan fingerprint density at radius 3 is 2.30 bits per heavy atom. The molecule has 37 heavy (non-hydrogen) atoms. The lowest BCUT2D eigenvalue weighted by molar-refractivity contribution is -0.127. The van der Waals surface area contributed by atoms with Crippen LogP contribution >= 0.6 is 0 Å². The Kier molecular flexibility index (Phi) is 8.49. The Labute approximate surface area is 222 Å². The number of amides is 1. The Bertz CT molecular complexity index is 1270. The van der Waals surface area contributed by atoms with Crippen molar-refractivity contribution >= 4 is 42.3 Å². The van der Waals surface area contributed by atoms with E-state index in [0.717, 1.165) is 33.6 Å². The Balaban J connectivity index is 2.03. The first kappa shape index (κ1) is 28.4. The van der Waals surface area contributed by atoms with E-state index in [0.29, 0.717) is 18.2 Å². The van der Waals surface area contributed by atoms with Gasteiger partial charge in [0.2, 0.25) is 14.2 Å². The van der Waals surface area contributed by atoms with Crippen molar-refractivity contribution < 1.29 is 14.1 Å². The summed E-state index contributed by atoms with van der Waals surface area (Å²) in [7, 11) is 3.47. The molecular formula is C28H41N5O3Si. The second kappa shape index (κ2) is 11.1. The summed E-state index contributed by atoms with van der Waals surface area (Å²) >= 11 is 0. The highest BCUT2D eigenvalue weighted by Gasteiger charge is 2.39. The Morgan fingerprint density at radius 1 is 1.03 bits per heavy atom. The number of hydrogen-bond donors (Lipinski definition) is 1. The van der Waals surface area contributed by atoms with Gasteiger partial charge in [-0.2, -0.15) is 0 Å². The fraction of sp³-hybridized carbons (Fsp3) is 0.464. The van der Waals surface area contributed by atoms with Crippen LogP contribution in [0.25, 0.3) is 10.9 Å². The van der Waals surface area contributed by atoms with Crippen LogP contribution in [0.2, 0.25) is 18.1 Å². The van der Waals surface area contributed by atoms with Crippen LogP contribution in [-0.4, -0.2) is 56.8 Å². The maximum atomic E-state index is 12.7. The molecule has 0 aliphatic carbocycles. The highest BCUT2D eigenvalue weighted by Crippen LogP contribution is 2.39. The zero-order chi connectivity index (χ0) is 27.5. The predicted molar refractivity (Wildman–Crippen MR) is 154 cm³/mol. The van der Waals surface area contributed by atoms with E-state index >= 15 is 0 Å². The van der Waals surface area contributed by atoms with Crippen LogP contribution in [0.4, 0.5) is 17.2 Å². The van der Waals surface area contributed by atoms with Crippen LogP contribution in [-0.2, 0) is 16.1 Å². The third-order valence-electron chi connectivity index (χ3n) is 6.93. The molecule has 0 bridgehead atoms. The van der Waals surface area contributed by atoms with Crippen molar-refractivity contribution in [1.29, 1.82) is 0 Å². The average molecular weight is 524 g/mol. The van der Waals surface area contributed by atoms with E-state index in [1.54, 1.807) is 19.0 Å². The first-order valence-electron chi connectivity index (χ1n) is 12.7. The zero-order valence-electron chi connectivity index (χ0n) is 23.9. The van der Waals surface area contributed by atoms with Gasteiger partial charge in [-0.3, -0.25) is 9.63 Å². The lowest BCUT2D eigenvalue weighted by Gasteiger charge is -2.37. The number of aromatic nitrogens is 2. The number of hydrogen-bond acceptors (Lipinski definition) is 7. The highest BCUT2D eigenvalue weighted by molar-refractivity contribution is 6.74. The number of fused-ring (bicyclic) bond motifs is 1. The van der Waals surface area contributed by atoms with Crippen molar-refractivity contribution in [3.63, 3.8) is 0 Å². The molecule has 2 aromatic carbocycles. The molecule has 200 valence electrons. The van der Waals surface area contributed by atoms with Gasteiger partial charge in [0.15, 0.2) is 5.82 Å². The minimum atomic E-state index is -2.09. The fourth-order valence-corrected chi connectivity index (χ4v) is 4.62. The van der Waals surface area contributed by atoms with Gasteiger partial charge in [-0.15, -0.1) is 0 Å². The molecule has 1 heterocycles. The topological polar surface area (TPSA) is 79.8 Å². The summed E-state index contributed by atoms with van der Waals surface area (Å²) in [6, 6.07) is 12.2. The van der Waals surface area contributed by atoms with E-state index in [1.807, 2.05) is 51.2 Å². The number of rotatable bonds is 9. The van der Waals surface area contributed by atoms with Gasteiger partial charge in [0.25, 0.3) is 0 Å². The van der Waals surface area contributed by atoms with Crippen molar-refractivity contribution in [2.24, 2.45) is 0 Å². The van der Waals surface area contributed by atoms with Gasteiger partial charge < -0.3 is 14.2 Å². The number of nitrogens with zero attached hydrogens (tertiary/aromatic N) is 4. The van der Waals surface area contributed by atoms with Gasteiger partial charge >= 0.3 is 0 Å². The van der Waals surface area contributed by atoms with Gasteiger partial charge in [-0.25, -0.2) is 15.4 Å². The van der Waals surface area contributed by atoms with Gasteiger partial charge in [0.05, 0.1) is 18.5 Å². The molecule has 9 heteroatoms. The molecule has 1 amide bonds. The number of aryl methyl sites for hydroxylation is 1. The normalized spacial score (nSPS) is 11.9. The van der Waals surface area contributed by atoms with Crippen molar-refractivity contribution in [2.45, 2.75) is 59.2 Å².